The van der Waals surface area contributed by atoms with E-state index in [1.165, 1.54) is 6.42 Å². The van der Waals surface area contributed by atoms with Crippen molar-refractivity contribution in [1.29, 1.82) is 0 Å². The van der Waals surface area contributed by atoms with Crippen LogP contribution in [-0.2, 0) is 23.8 Å². The van der Waals surface area contributed by atoms with Crippen molar-refractivity contribution in [1.82, 2.24) is 0 Å². The Kier molecular flexibility index (Phi) is 47.7. The summed E-state index contributed by atoms with van der Waals surface area (Å²) in [5.74, 6) is -0.557. The predicted octanol–water partition coefficient (Wildman–Crippen LogP) is 16.6. The van der Waals surface area contributed by atoms with E-state index in [0.29, 0.717) is 19.4 Å². The van der Waals surface area contributed by atoms with Crippen molar-refractivity contribution < 1.29 is 23.8 Å². The van der Waals surface area contributed by atoms with Crippen molar-refractivity contribution in [2.75, 3.05) is 19.8 Å². The number of carbonyl (C=O) groups is 2. The summed E-state index contributed by atoms with van der Waals surface area (Å²) in [5.41, 5.74) is 0. The molecular weight excluding hydrogens is 765 g/mol. The number of rotatable bonds is 42. The molecule has 0 aromatic carbocycles. The normalized spacial score (nSPS) is 13.5. The molecule has 0 bridgehead atoms. The van der Waals surface area contributed by atoms with Crippen LogP contribution in [-0.4, -0.2) is 37.9 Å². The summed E-state index contributed by atoms with van der Waals surface area (Å²) < 4.78 is 17.2. The molecule has 0 heterocycles. The molecule has 1 unspecified atom stereocenters. The molecule has 0 radical (unpaired) electrons. The van der Waals surface area contributed by atoms with Crippen molar-refractivity contribution in [3.63, 3.8) is 0 Å². The minimum absolute atomic E-state index is 0.0133. The maximum Gasteiger partial charge on any atom is 0.306 e. The quantitative estimate of drug-likeness (QED) is 0.0348. The number of unbranched alkanes of at least 4 members (excludes halogenated alkanes) is 7. The van der Waals surface area contributed by atoms with Crippen molar-refractivity contribution in [2.45, 2.75) is 181 Å². The van der Waals surface area contributed by atoms with E-state index in [9.17, 15) is 9.59 Å². The number of ether oxygens (including phenoxy) is 3. The zero-order chi connectivity index (χ0) is 44.9. The van der Waals surface area contributed by atoms with E-state index >= 15 is 0 Å². The van der Waals surface area contributed by atoms with Crippen LogP contribution in [0.1, 0.15) is 175 Å². The van der Waals surface area contributed by atoms with Crippen LogP contribution in [0.25, 0.3) is 0 Å². The molecule has 0 aliphatic rings. The average Bonchev–Trinajstić information content (AvgIpc) is 3.27. The highest BCUT2D eigenvalue weighted by Crippen LogP contribution is 2.10. The van der Waals surface area contributed by atoms with Gasteiger partial charge < -0.3 is 14.2 Å². The Balaban J connectivity index is 4.49. The first-order valence-electron chi connectivity index (χ1n) is 24.4. The summed E-state index contributed by atoms with van der Waals surface area (Å²) in [4.78, 5) is 25.3. The van der Waals surface area contributed by atoms with Crippen LogP contribution in [0.3, 0.4) is 0 Å². The van der Waals surface area contributed by atoms with E-state index in [2.05, 4.69) is 161 Å². The molecule has 0 aliphatic carbocycles. The van der Waals surface area contributed by atoms with Gasteiger partial charge in [0, 0.05) is 19.4 Å². The number of carbonyl (C=O) groups excluding carboxylic acids is 2. The summed E-state index contributed by atoms with van der Waals surface area (Å²) >= 11 is 0. The first-order valence-corrected chi connectivity index (χ1v) is 24.4. The predicted molar refractivity (Wildman–Crippen MR) is 269 cm³/mol. The molecule has 62 heavy (non-hydrogen) atoms. The fourth-order valence-electron chi connectivity index (χ4n) is 5.86. The smallest absolute Gasteiger partial charge is 0.306 e. The van der Waals surface area contributed by atoms with Gasteiger partial charge in [-0.05, 0) is 122 Å². The highest BCUT2D eigenvalue weighted by Gasteiger charge is 2.17. The molecule has 5 heteroatoms. The standard InChI is InChI=1S/C57H88O5/c1-4-7-10-13-16-19-22-25-27-28-29-30-31-33-35-38-41-44-47-50-56(58)61-54-55(53-60-52-49-46-43-40-37-34-26-23-20-17-14-11-8-5-2)62-57(59)51-48-45-42-39-36-32-24-21-18-15-12-9-6-3/h7-12,16-21,25-27,29-30,32-36,41,44,55H,4-6,13-15,22-24,28,31,37-40,42-43,45-54H2,1-3H3/b10-7-,11-8-,12-9-,19-16-,20-17-,21-18-,27-25-,30-29-,34-26-,35-33-,36-32-,44-41-. The lowest BCUT2D eigenvalue weighted by molar-refractivity contribution is -0.162. The van der Waals surface area contributed by atoms with Crippen LogP contribution in [0.4, 0.5) is 0 Å². The number of hydrogen-bond acceptors (Lipinski definition) is 5. The van der Waals surface area contributed by atoms with Gasteiger partial charge in [0.15, 0.2) is 6.10 Å². The van der Waals surface area contributed by atoms with Crippen molar-refractivity contribution >= 4 is 11.9 Å². The van der Waals surface area contributed by atoms with E-state index < -0.39 is 6.10 Å². The minimum atomic E-state index is -0.604. The molecule has 0 aliphatic heterocycles. The van der Waals surface area contributed by atoms with E-state index in [4.69, 9.17) is 14.2 Å². The molecule has 0 fully saturated rings. The zero-order valence-corrected chi connectivity index (χ0v) is 39.6. The lowest BCUT2D eigenvalue weighted by Gasteiger charge is -2.18. The first kappa shape index (κ1) is 57.8. The molecule has 0 amide bonds. The largest absolute Gasteiger partial charge is 0.462 e. The molecule has 0 aromatic heterocycles. The van der Waals surface area contributed by atoms with E-state index in [-0.39, 0.29) is 31.6 Å². The molecule has 1 atom stereocenters. The van der Waals surface area contributed by atoms with Gasteiger partial charge in [0.25, 0.3) is 0 Å². The Morgan fingerprint density at radius 3 is 1.13 bits per heavy atom. The van der Waals surface area contributed by atoms with Gasteiger partial charge in [0.2, 0.25) is 0 Å². The van der Waals surface area contributed by atoms with Crippen LogP contribution >= 0.6 is 0 Å². The molecule has 0 saturated heterocycles. The lowest BCUT2D eigenvalue weighted by atomic mass is 10.1. The molecule has 0 saturated carbocycles. The SMILES string of the molecule is CC/C=C\C/C=C\C/C=C\C/C=C\C/C=C\C/C=C\CCC(=O)OCC(COCCCCCC/C=C\C/C=C\C/C=C\CC)OC(=O)CCCCC/C=C\C/C=C\C/C=C\CC. The van der Waals surface area contributed by atoms with Crippen LogP contribution in [0.2, 0.25) is 0 Å². The molecule has 0 rings (SSSR count). The van der Waals surface area contributed by atoms with E-state index in [1.807, 2.05) is 6.08 Å². The topological polar surface area (TPSA) is 61.8 Å². The third-order valence-corrected chi connectivity index (χ3v) is 9.36. The Labute approximate surface area is 381 Å². The fraction of sp³-hybridized carbons (Fsp3) is 0.544. The van der Waals surface area contributed by atoms with Crippen molar-refractivity contribution in [3.8, 4) is 0 Å². The Morgan fingerprint density at radius 1 is 0.355 bits per heavy atom. The summed E-state index contributed by atoms with van der Waals surface area (Å²) in [6.45, 7) is 7.29. The van der Waals surface area contributed by atoms with Gasteiger partial charge in [-0.3, -0.25) is 9.59 Å². The van der Waals surface area contributed by atoms with Gasteiger partial charge in [0.05, 0.1) is 6.61 Å². The molecular formula is C57H88O5. The summed E-state index contributed by atoms with van der Waals surface area (Å²) in [7, 11) is 0. The molecule has 5 nitrogen and oxygen atoms in total. The van der Waals surface area contributed by atoms with Crippen molar-refractivity contribution in [2.24, 2.45) is 0 Å². The fourth-order valence-corrected chi connectivity index (χ4v) is 5.86. The Morgan fingerprint density at radius 2 is 0.710 bits per heavy atom. The minimum Gasteiger partial charge on any atom is -0.462 e. The Bertz CT molecular complexity index is 1380. The maximum atomic E-state index is 12.8. The van der Waals surface area contributed by atoms with Gasteiger partial charge in [-0.25, -0.2) is 0 Å². The van der Waals surface area contributed by atoms with Crippen LogP contribution in [0, 0.1) is 0 Å². The number of esters is 2. The van der Waals surface area contributed by atoms with Crippen LogP contribution < -0.4 is 0 Å². The third-order valence-electron chi connectivity index (χ3n) is 9.36. The van der Waals surface area contributed by atoms with E-state index in [0.717, 1.165) is 128 Å². The van der Waals surface area contributed by atoms with Crippen LogP contribution in [0.15, 0.2) is 146 Å². The number of hydrogen-bond donors (Lipinski definition) is 0. The third kappa shape index (κ3) is 48.4. The first-order chi connectivity index (χ1) is 30.6. The molecule has 0 spiro atoms. The van der Waals surface area contributed by atoms with Gasteiger partial charge in [-0.15, -0.1) is 0 Å². The molecule has 0 N–H and O–H groups in total. The second-order valence-electron chi connectivity index (χ2n) is 15.2. The second-order valence-corrected chi connectivity index (χ2v) is 15.2. The van der Waals surface area contributed by atoms with Crippen LogP contribution in [0.5, 0.6) is 0 Å². The molecule has 0 aromatic rings. The highest BCUT2D eigenvalue weighted by atomic mass is 16.6. The maximum absolute atomic E-state index is 12.8. The zero-order valence-electron chi connectivity index (χ0n) is 39.6. The van der Waals surface area contributed by atoms with Gasteiger partial charge >= 0.3 is 11.9 Å². The van der Waals surface area contributed by atoms with Gasteiger partial charge in [-0.1, -0.05) is 186 Å². The summed E-state index contributed by atoms with van der Waals surface area (Å²) in [6, 6.07) is 0. The lowest BCUT2D eigenvalue weighted by Crippen LogP contribution is -2.30. The Hall–Kier alpha value is -4.22. The second kappa shape index (κ2) is 51.1. The monoisotopic (exact) mass is 853 g/mol. The number of allylic oxidation sites excluding steroid dienone is 24. The van der Waals surface area contributed by atoms with Crippen molar-refractivity contribution in [3.05, 3.63) is 146 Å². The average molecular weight is 853 g/mol. The van der Waals surface area contributed by atoms with E-state index in [1.54, 1.807) is 0 Å². The summed E-state index contributed by atoms with van der Waals surface area (Å²) in [6.07, 6.45) is 74.4. The van der Waals surface area contributed by atoms with Gasteiger partial charge in [0.1, 0.15) is 6.61 Å². The summed E-state index contributed by atoms with van der Waals surface area (Å²) in [5, 5.41) is 0. The molecule has 346 valence electrons. The highest BCUT2D eigenvalue weighted by molar-refractivity contribution is 5.70. The van der Waals surface area contributed by atoms with Gasteiger partial charge in [-0.2, -0.15) is 0 Å².